The lowest BCUT2D eigenvalue weighted by molar-refractivity contribution is 0.0941. The fraction of sp³-hybridized carbons (Fsp3) is 0.692. The molecule has 0 bridgehead atoms. The molecule has 0 saturated carbocycles. The van der Waals surface area contributed by atoms with Crippen LogP contribution in [0.3, 0.4) is 0 Å². The molecule has 0 aliphatic rings. The summed E-state index contributed by atoms with van der Waals surface area (Å²) < 4.78 is 1.78. The first kappa shape index (κ1) is 12.9. The summed E-state index contributed by atoms with van der Waals surface area (Å²) in [6.07, 6.45) is 5.12. The zero-order valence-corrected chi connectivity index (χ0v) is 10.9. The molecule has 0 N–H and O–H groups in total. The third kappa shape index (κ3) is 3.80. The van der Waals surface area contributed by atoms with Crippen molar-refractivity contribution in [2.24, 2.45) is 18.4 Å². The number of aryl methyl sites for hydroxylation is 1. The van der Waals surface area contributed by atoms with Crippen LogP contribution in [-0.4, -0.2) is 15.3 Å². The van der Waals surface area contributed by atoms with E-state index < -0.39 is 0 Å². The Morgan fingerprint density at radius 2 is 2.12 bits per heavy atom. The van der Waals surface area contributed by atoms with Crippen LogP contribution in [0.25, 0.3) is 0 Å². The van der Waals surface area contributed by atoms with Crippen LogP contribution in [0.2, 0.25) is 0 Å². The van der Waals surface area contributed by atoms with Gasteiger partial charge in [0.15, 0.2) is 11.6 Å². The summed E-state index contributed by atoms with van der Waals surface area (Å²) in [6.45, 7) is 8.74. The lowest BCUT2D eigenvalue weighted by atomic mass is 9.83. The van der Waals surface area contributed by atoms with Gasteiger partial charge in [-0.1, -0.05) is 27.7 Å². The highest BCUT2D eigenvalue weighted by Gasteiger charge is 2.20. The first-order valence-electron chi connectivity index (χ1n) is 5.80. The van der Waals surface area contributed by atoms with Gasteiger partial charge in [-0.25, -0.2) is 4.98 Å². The Morgan fingerprint density at radius 1 is 1.50 bits per heavy atom. The van der Waals surface area contributed by atoms with Crippen LogP contribution in [0, 0.1) is 11.3 Å². The van der Waals surface area contributed by atoms with E-state index in [1.54, 1.807) is 10.8 Å². The van der Waals surface area contributed by atoms with Gasteiger partial charge in [0.1, 0.15) is 0 Å². The third-order valence-corrected chi connectivity index (χ3v) is 2.57. The van der Waals surface area contributed by atoms with Crippen molar-refractivity contribution in [1.82, 2.24) is 9.55 Å². The van der Waals surface area contributed by atoms with Crippen LogP contribution < -0.4 is 0 Å². The van der Waals surface area contributed by atoms with Gasteiger partial charge in [-0.05, 0) is 17.8 Å². The summed E-state index contributed by atoms with van der Waals surface area (Å²) in [5.41, 5.74) is 0.279. The average Bonchev–Trinajstić information content (AvgIpc) is 2.47. The Morgan fingerprint density at radius 3 is 2.56 bits per heavy atom. The Balaban J connectivity index is 2.56. The number of Topliss-reactive ketones (excluding diaryl/α,β-unsaturated/α-hetero) is 1. The minimum absolute atomic E-state index is 0.143. The number of nitrogens with zero attached hydrogens (tertiary/aromatic N) is 2. The van der Waals surface area contributed by atoms with Gasteiger partial charge in [0.2, 0.25) is 0 Å². The second-order valence-electron chi connectivity index (χ2n) is 5.86. The second kappa shape index (κ2) is 4.81. The summed E-state index contributed by atoms with van der Waals surface area (Å²) in [6, 6.07) is 0. The number of hydrogen-bond acceptors (Lipinski definition) is 2. The molecule has 0 saturated heterocycles. The van der Waals surface area contributed by atoms with E-state index in [0.29, 0.717) is 18.2 Å². The van der Waals surface area contributed by atoms with Gasteiger partial charge in [0.05, 0.1) is 0 Å². The van der Waals surface area contributed by atoms with Crippen LogP contribution in [-0.2, 0) is 7.05 Å². The number of imidazole rings is 1. The number of carbonyl (C=O) groups excluding carboxylic acids is 1. The second-order valence-corrected chi connectivity index (χ2v) is 5.86. The van der Waals surface area contributed by atoms with Crippen molar-refractivity contribution in [2.45, 2.75) is 40.5 Å². The Kier molecular flexibility index (Phi) is 3.89. The van der Waals surface area contributed by atoms with Crippen LogP contribution >= 0.6 is 0 Å². The molecule has 1 heterocycles. The molecular weight excluding hydrogens is 200 g/mol. The Labute approximate surface area is 97.9 Å². The van der Waals surface area contributed by atoms with Crippen molar-refractivity contribution in [3.8, 4) is 0 Å². The molecule has 3 nitrogen and oxygen atoms in total. The highest BCUT2D eigenvalue weighted by atomic mass is 16.1. The summed E-state index contributed by atoms with van der Waals surface area (Å²) in [5, 5.41) is 0. The molecule has 0 fully saturated rings. The molecule has 0 aromatic carbocycles. The quantitative estimate of drug-likeness (QED) is 0.734. The number of aromatic nitrogens is 2. The fourth-order valence-corrected chi connectivity index (χ4v) is 2.16. The molecule has 90 valence electrons. The molecule has 0 aliphatic heterocycles. The highest BCUT2D eigenvalue weighted by molar-refractivity contribution is 5.92. The monoisotopic (exact) mass is 222 g/mol. The topological polar surface area (TPSA) is 34.9 Å². The molecule has 1 aromatic heterocycles. The molecule has 0 amide bonds. The molecule has 3 heteroatoms. The summed E-state index contributed by atoms with van der Waals surface area (Å²) in [4.78, 5) is 16.0. The van der Waals surface area contributed by atoms with E-state index in [9.17, 15) is 4.79 Å². The van der Waals surface area contributed by atoms with Crippen molar-refractivity contribution in [1.29, 1.82) is 0 Å². The predicted octanol–water partition coefficient (Wildman–Crippen LogP) is 3.07. The summed E-state index contributed by atoms with van der Waals surface area (Å²) in [5.74, 6) is 1.12. The van der Waals surface area contributed by atoms with Crippen LogP contribution in [0.5, 0.6) is 0 Å². The van der Waals surface area contributed by atoms with Gasteiger partial charge < -0.3 is 4.57 Å². The first-order valence-corrected chi connectivity index (χ1v) is 5.80. The van der Waals surface area contributed by atoms with E-state index >= 15 is 0 Å². The van der Waals surface area contributed by atoms with Gasteiger partial charge in [-0.2, -0.15) is 0 Å². The molecule has 0 radical (unpaired) electrons. The van der Waals surface area contributed by atoms with Crippen LogP contribution in [0.4, 0.5) is 0 Å². The minimum atomic E-state index is 0.143. The van der Waals surface area contributed by atoms with E-state index in [1.807, 2.05) is 13.2 Å². The molecule has 0 aliphatic carbocycles. The maximum Gasteiger partial charge on any atom is 0.198 e. The maximum atomic E-state index is 11.9. The predicted molar refractivity (Wildman–Crippen MR) is 65.4 cm³/mol. The fourth-order valence-electron chi connectivity index (χ4n) is 2.16. The maximum absolute atomic E-state index is 11.9. The van der Waals surface area contributed by atoms with Gasteiger partial charge in [0, 0.05) is 25.9 Å². The van der Waals surface area contributed by atoms with Crippen molar-refractivity contribution < 1.29 is 4.79 Å². The number of hydrogen-bond donors (Lipinski definition) is 0. The van der Waals surface area contributed by atoms with Crippen LogP contribution in [0.1, 0.15) is 51.2 Å². The lowest BCUT2D eigenvalue weighted by Gasteiger charge is -2.22. The van der Waals surface area contributed by atoms with Crippen molar-refractivity contribution in [2.75, 3.05) is 0 Å². The highest BCUT2D eigenvalue weighted by Crippen LogP contribution is 2.26. The zero-order chi connectivity index (χ0) is 12.3. The van der Waals surface area contributed by atoms with Crippen molar-refractivity contribution in [3.05, 3.63) is 18.2 Å². The van der Waals surface area contributed by atoms with E-state index in [2.05, 4.69) is 32.7 Å². The summed E-state index contributed by atoms with van der Waals surface area (Å²) in [7, 11) is 1.86. The number of carbonyl (C=O) groups is 1. The van der Waals surface area contributed by atoms with E-state index in [1.165, 1.54) is 0 Å². The van der Waals surface area contributed by atoms with Crippen LogP contribution in [0.15, 0.2) is 12.4 Å². The Hall–Kier alpha value is -1.12. The van der Waals surface area contributed by atoms with Crippen molar-refractivity contribution >= 4 is 5.78 Å². The van der Waals surface area contributed by atoms with E-state index in [0.717, 1.165) is 6.42 Å². The molecule has 1 aromatic rings. The number of rotatable bonds is 4. The minimum Gasteiger partial charge on any atom is -0.332 e. The third-order valence-electron chi connectivity index (χ3n) is 2.57. The molecule has 1 atom stereocenters. The number of ketones is 1. The normalized spacial score (nSPS) is 13.8. The molecule has 16 heavy (non-hydrogen) atoms. The Bertz CT molecular complexity index is 360. The molecule has 1 unspecified atom stereocenters. The van der Waals surface area contributed by atoms with Gasteiger partial charge >= 0.3 is 0 Å². The standard InChI is InChI=1S/C13H22N2O/c1-10(9-13(2,3)4)8-11(16)12-14-6-7-15(12)5/h6-7,10H,8-9H2,1-5H3. The molecule has 0 spiro atoms. The molecule has 1 rings (SSSR count). The summed E-state index contributed by atoms with van der Waals surface area (Å²) >= 11 is 0. The van der Waals surface area contributed by atoms with E-state index in [-0.39, 0.29) is 11.2 Å². The van der Waals surface area contributed by atoms with Gasteiger partial charge in [-0.3, -0.25) is 4.79 Å². The lowest BCUT2D eigenvalue weighted by Crippen LogP contribution is -2.16. The zero-order valence-electron chi connectivity index (χ0n) is 10.9. The SMILES string of the molecule is CC(CC(=O)c1nccn1C)CC(C)(C)C. The van der Waals surface area contributed by atoms with Gasteiger partial charge in [-0.15, -0.1) is 0 Å². The van der Waals surface area contributed by atoms with Crippen molar-refractivity contribution in [3.63, 3.8) is 0 Å². The van der Waals surface area contributed by atoms with E-state index in [4.69, 9.17) is 0 Å². The molecular formula is C13H22N2O. The first-order chi connectivity index (χ1) is 7.29. The van der Waals surface area contributed by atoms with Gasteiger partial charge in [0.25, 0.3) is 0 Å². The largest absolute Gasteiger partial charge is 0.332 e. The smallest absolute Gasteiger partial charge is 0.198 e. The average molecular weight is 222 g/mol.